The number of fused-ring (bicyclic) bond motifs is 1. The van der Waals surface area contributed by atoms with E-state index in [0.29, 0.717) is 5.92 Å². The van der Waals surface area contributed by atoms with Gasteiger partial charge in [0.1, 0.15) is 0 Å². The first-order valence-electron chi connectivity index (χ1n) is 8.37. The Labute approximate surface area is 123 Å². The molecule has 1 unspecified atom stereocenters. The second-order valence-electron chi connectivity index (χ2n) is 8.31. The SMILES string of the molecule is CCCC[C@]1(O)C=CC23C[C@@H](CC[C@]2(C)C1)C(C)(C)O3. The van der Waals surface area contributed by atoms with Gasteiger partial charge in [0.25, 0.3) is 0 Å². The molecule has 2 nitrogen and oxygen atoms in total. The normalized spacial score (nSPS) is 49.1. The van der Waals surface area contributed by atoms with Crippen molar-refractivity contribution in [3.05, 3.63) is 12.2 Å². The molecule has 3 rings (SSSR count). The standard InChI is InChI=1S/C18H30O2/c1-5-6-8-17(19)10-11-18-12-14(15(2,3)20-18)7-9-16(18,4)13-17/h10-11,14,19H,5-9,12-13H2,1-4H3/t14-,16-,17+,18?/m1/s1. The van der Waals surface area contributed by atoms with Crippen LogP contribution in [0.2, 0.25) is 0 Å². The van der Waals surface area contributed by atoms with E-state index in [1.54, 1.807) is 0 Å². The number of rotatable bonds is 3. The molecule has 1 N–H and O–H groups in total. The molecule has 2 fully saturated rings. The Morgan fingerprint density at radius 1 is 1.25 bits per heavy atom. The number of aliphatic hydroxyl groups is 1. The fraction of sp³-hybridized carbons (Fsp3) is 0.889. The lowest BCUT2D eigenvalue weighted by molar-refractivity contribution is -0.146. The molecule has 0 aromatic heterocycles. The monoisotopic (exact) mass is 278 g/mol. The quantitative estimate of drug-likeness (QED) is 0.783. The zero-order chi connectivity index (χ0) is 14.6. The topological polar surface area (TPSA) is 29.5 Å². The number of hydrogen-bond acceptors (Lipinski definition) is 2. The van der Waals surface area contributed by atoms with Gasteiger partial charge in [0.2, 0.25) is 0 Å². The second-order valence-corrected chi connectivity index (χ2v) is 8.31. The summed E-state index contributed by atoms with van der Waals surface area (Å²) in [6, 6.07) is 0. The van der Waals surface area contributed by atoms with Crippen molar-refractivity contribution in [3.63, 3.8) is 0 Å². The van der Waals surface area contributed by atoms with Crippen molar-refractivity contribution in [2.24, 2.45) is 11.3 Å². The highest BCUT2D eigenvalue weighted by molar-refractivity contribution is 5.27. The smallest absolute Gasteiger partial charge is 0.0929 e. The van der Waals surface area contributed by atoms with Crippen LogP contribution < -0.4 is 0 Å². The molecule has 1 heterocycles. The van der Waals surface area contributed by atoms with Crippen LogP contribution in [0.1, 0.15) is 72.6 Å². The fourth-order valence-corrected chi connectivity index (χ4v) is 4.95. The van der Waals surface area contributed by atoms with Crippen LogP contribution in [0.4, 0.5) is 0 Å². The number of unbranched alkanes of at least 4 members (excludes halogenated alkanes) is 1. The van der Waals surface area contributed by atoms with Gasteiger partial charge in [0.05, 0.1) is 16.8 Å². The highest BCUT2D eigenvalue weighted by atomic mass is 16.5. The van der Waals surface area contributed by atoms with Gasteiger partial charge < -0.3 is 9.84 Å². The molecule has 1 aliphatic heterocycles. The molecule has 0 amide bonds. The maximum Gasteiger partial charge on any atom is 0.0929 e. The lowest BCUT2D eigenvalue weighted by atomic mass is 9.55. The largest absolute Gasteiger partial charge is 0.386 e. The first kappa shape index (κ1) is 14.6. The highest BCUT2D eigenvalue weighted by Gasteiger charge is 2.64. The van der Waals surface area contributed by atoms with Crippen LogP contribution in [0.25, 0.3) is 0 Å². The predicted octanol–water partition coefficient (Wildman–Crippen LogP) is 4.22. The maximum atomic E-state index is 10.9. The van der Waals surface area contributed by atoms with Gasteiger partial charge in [0, 0.05) is 5.41 Å². The Morgan fingerprint density at radius 3 is 2.70 bits per heavy atom. The van der Waals surface area contributed by atoms with Crippen molar-refractivity contribution in [1.29, 1.82) is 0 Å². The van der Waals surface area contributed by atoms with E-state index in [-0.39, 0.29) is 16.6 Å². The molecular weight excluding hydrogens is 248 g/mol. The minimum absolute atomic E-state index is 0.0129. The van der Waals surface area contributed by atoms with Gasteiger partial charge in [0.15, 0.2) is 0 Å². The van der Waals surface area contributed by atoms with E-state index in [1.807, 2.05) is 0 Å². The Hall–Kier alpha value is -0.340. The van der Waals surface area contributed by atoms with Crippen molar-refractivity contribution in [2.75, 3.05) is 0 Å². The third-order valence-electron chi connectivity index (χ3n) is 6.37. The van der Waals surface area contributed by atoms with Crippen molar-refractivity contribution in [1.82, 2.24) is 0 Å². The summed E-state index contributed by atoms with van der Waals surface area (Å²) in [5.74, 6) is 0.669. The van der Waals surface area contributed by atoms with Gasteiger partial charge in [-0.15, -0.1) is 0 Å². The van der Waals surface area contributed by atoms with Gasteiger partial charge in [-0.25, -0.2) is 0 Å². The molecule has 2 aliphatic carbocycles. The molecule has 114 valence electrons. The summed E-state index contributed by atoms with van der Waals surface area (Å²) < 4.78 is 6.57. The van der Waals surface area contributed by atoms with Gasteiger partial charge in [-0.1, -0.05) is 38.8 Å². The second kappa shape index (κ2) is 4.33. The lowest BCUT2D eigenvalue weighted by Gasteiger charge is -2.53. The van der Waals surface area contributed by atoms with Crippen molar-refractivity contribution < 1.29 is 9.84 Å². The van der Waals surface area contributed by atoms with E-state index in [9.17, 15) is 5.11 Å². The average molecular weight is 278 g/mol. The van der Waals surface area contributed by atoms with Gasteiger partial charge in [-0.3, -0.25) is 0 Å². The summed E-state index contributed by atoms with van der Waals surface area (Å²) in [7, 11) is 0. The first-order valence-corrected chi connectivity index (χ1v) is 8.37. The number of ether oxygens (including phenoxy) is 1. The fourth-order valence-electron chi connectivity index (χ4n) is 4.95. The summed E-state index contributed by atoms with van der Waals surface area (Å²) in [6.45, 7) is 9.01. The van der Waals surface area contributed by atoms with E-state index >= 15 is 0 Å². The summed E-state index contributed by atoms with van der Waals surface area (Å²) in [6.07, 6.45) is 11.8. The van der Waals surface area contributed by atoms with Crippen molar-refractivity contribution in [3.8, 4) is 0 Å². The van der Waals surface area contributed by atoms with Crippen molar-refractivity contribution in [2.45, 2.75) is 89.4 Å². The molecule has 0 aromatic carbocycles. The molecule has 1 spiro atoms. The first-order chi connectivity index (χ1) is 9.24. The predicted molar refractivity (Wildman–Crippen MR) is 81.6 cm³/mol. The Kier molecular flexibility index (Phi) is 3.16. The summed E-state index contributed by atoms with van der Waals surface area (Å²) in [5, 5.41) is 10.9. The zero-order valence-corrected chi connectivity index (χ0v) is 13.5. The Balaban J connectivity index is 1.92. The maximum absolute atomic E-state index is 10.9. The van der Waals surface area contributed by atoms with Crippen LogP contribution in [0.5, 0.6) is 0 Å². The molecule has 4 atom stereocenters. The third kappa shape index (κ3) is 1.99. The van der Waals surface area contributed by atoms with Gasteiger partial charge in [-0.05, 0) is 51.9 Å². The van der Waals surface area contributed by atoms with Gasteiger partial charge in [-0.2, -0.15) is 0 Å². The average Bonchev–Trinajstić information content (AvgIpc) is 2.59. The third-order valence-corrected chi connectivity index (χ3v) is 6.37. The molecule has 2 heteroatoms. The van der Waals surface area contributed by atoms with E-state index in [1.165, 1.54) is 12.8 Å². The molecule has 20 heavy (non-hydrogen) atoms. The summed E-state index contributed by atoms with van der Waals surface area (Å²) in [5.41, 5.74) is -0.660. The van der Waals surface area contributed by atoms with Crippen molar-refractivity contribution >= 4 is 0 Å². The summed E-state index contributed by atoms with van der Waals surface area (Å²) >= 11 is 0. The molecule has 2 bridgehead atoms. The molecule has 1 saturated heterocycles. The minimum Gasteiger partial charge on any atom is -0.386 e. The summed E-state index contributed by atoms with van der Waals surface area (Å²) in [4.78, 5) is 0. The van der Waals surface area contributed by atoms with E-state index in [2.05, 4.69) is 39.8 Å². The van der Waals surface area contributed by atoms with Crippen LogP contribution in [0.3, 0.4) is 0 Å². The highest BCUT2D eigenvalue weighted by Crippen LogP contribution is 2.63. The molecule has 3 aliphatic rings. The van der Waals surface area contributed by atoms with Crippen LogP contribution in [0.15, 0.2) is 12.2 Å². The molecular formula is C18H30O2. The van der Waals surface area contributed by atoms with E-state index < -0.39 is 5.60 Å². The number of hydrogen-bond donors (Lipinski definition) is 1. The molecule has 1 saturated carbocycles. The zero-order valence-electron chi connectivity index (χ0n) is 13.5. The Morgan fingerprint density at radius 2 is 2.00 bits per heavy atom. The van der Waals surface area contributed by atoms with Crippen LogP contribution in [-0.2, 0) is 4.74 Å². The molecule has 0 radical (unpaired) electrons. The lowest BCUT2D eigenvalue weighted by Crippen LogP contribution is -2.54. The Bertz CT molecular complexity index is 427. The van der Waals surface area contributed by atoms with E-state index in [0.717, 1.165) is 32.1 Å². The minimum atomic E-state index is -0.612. The molecule has 0 aromatic rings. The van der Waals surface area contributed by atoms with E-state index in [4.69, 9.17) is 4.74 Å². The van der Waals surface area contributed by atoms with Crippen LogP contribution >= 0.6 is 0 Å². The van der Waals surface area contributed by atoms with Gasteiger partial charge >= 0.3 is 0 Å². The van der Waals surface area contributed by atoms with Crippen LogP contribution in [0, 0.1) is 11.3 Å². The van der Waals surface area contributed by atoms with Crippen LogP contribution in [-0.4, -0.2) is 21.9 Å².